The van der Waals surface area contributed by atoms with Gasteiger partial charge in [0.15, 0.2) is 0 Å². The maximum absolute atomic E-state index is 13.5. The van der Waals surface area contributed by atoms with Crippen molar-refractivity contribution in [2.75, 3.05) is 6.54 Å². The molecule has 0 aromatic heterocycles. The third kappa shape index (κ3) is 4.82. The summed E-state index contributed by atoms with van der Waals surface area (Å²) in [7, 11) is 0. The van der Waals surface area contributed by atoms with Crippen LogP contribution in [-0.4, -0.2) is 17.8 Å². The summed E-state index contributed by atoms with van der Waals surface area (Å²) in [6, 6.07) is 6.30. The lowest BCUT2D eigenvalue weighted by atomic mass is 10.1. The summed E-state index contributed by atoms with van der Waals surface area (Å²) in [6.45, 7) is 4.89. The number of aliphatic hydroxyl groups excluding tert-OH is 1. The van der Waals surface area contributed by atoms with Crippen molar-refractivity contribution in [1.82, 2.24) is 5.32 Å². The second-order valence-corrected chi connectivity index (χ2v) is 4.83. The number of aliphatic hydroxyl groups is 1. The minimum absolute atomic E-state index is 0.316. The van der Waals surface area contributed by atoms with Gasteiger partial charge in [-0.15, -0.1) is 0 Å². The lowest BCUT2D eigenvalue weighted by molar-refractivity contribution is 0.146. The van der Waals surface area contributed by atoms with Crippen molar-refractivity contribution >= 4 is 0 Å². The maximum Gasteiger partial charge on any atom is 0.129 e. The summed E-state index contributed by atoms with van der Waals surface area (Å²) in [5.41, 5.74) is 0.821. The van der Waals surface area contributed by atoms with Gasteiger partial charge in [-0.2, -0.15) is 5.26 Å². The average molecular weight is 250 g/mol. The Morgan fingerprint density at radius 2 is 2.17 bits per heavy atom. The summed E-state index contributed by atoms with van der Waals surface area (Å²) in [5, 5.41) is 21.3. The van der Waals surface area contributed by atoms with Crippen molar-refractivity contribution in [2.45, 2.75) is 32.9 Å². The summed E-state index contributed by atoms with van der Waals surface area (Å²) in [5.74, 6) is 0.0494. The quantitative estimate of drug-likeness (QED) is 0.813. The third-order valence-electron chi connectivity index (χ3n) is 2.62. The molecule has 0 radical (unpaired) electrons. The predicted molar refractivity (Wildman–Crippen MR) is 68.3 cm³/mol. The van der Waals surface area contributed by atoms with Gasteiger partial charge < -0.3 is 10.4 Å². The SMILES string of the molecule is CC(C)CC(O)CNCc1ccc(C#N)cc1F. The Balaban J connectivity index is 2.42. The van der Waals surface area contributed by atoms with Crippen LogP contribution >= 0.6 is 0 Å². The zero-order chi connectivity index (χ0) is 13.5. The first-order valence-electron chi connectivity index (χ1n) is 6.10. The molecule has 1 aromatic carbocycles. The minimum Gasteiger partial charge on any atom is -0.392 e. The van der Waals surface area contributed by atoms with Crippen molar-refractivity contribution in [3.8, 4) is 6.07 Å². The van der Waals surface area contributed by atoms with Crippen LogP contribution in [0.1, 0.15) is 31.4 Å². The standard InChI is InChI=1S/C14H19FN2O/c1-10(2)5-13(18)9-17-8-12-4-3-11(7-16)6-14(12)15/h3-4,6,10,13,17-18H,5,8-9H2,1-2H3. The number of nitrogens with zero attached hydrogens (tertiary/aromatic N) is 1. The molecule has 0 bridgehead atoms. The van der Waals surface area contributed by atoms with E-state index in [-0.39, 0.29) is 5.82 Å². The van der Waals surface area contributed by atoms with E-state index in [0.717, 1.165) is 6.42 Å². The molecule has 1 aromatic rings. The normalized spacial score (nSPS) is 12.4. The molecule has 2 N–H and O–H groups in total. The van der Waals surface area contributed by atoms with Gasteiger partial charge in [-0.25, -0.2) is 4.39 Å². The number of hydrogen-bond acceptors (Lipinski definition) is 3. The van der Waals surface area contributed by atoms with Gasteiger partial charge in [0.1, 0.15) is 5.82 Å². The second kappa shape index (κ2) is 7.10. The van der Waals surface area contributed by atoms with Crippen LogP contribution in [0, 0.1) is 23.1 Å². The van der Waals surface area contributed by atoms with E-state index < -0.39 is 6.10 Å². The topological polar surface area (TPSA) is 56.0 Å². The van der Waals surface area contributed by atoms with E-state index in [1.165, 1.54) is 6.07 Å². The van der Waals surface area contributed by atoms with E-state index in [1.807, 2.05) is 19.9 Å². The average Bonchev–Trinajstić information content (AvgIpc) is 2.30. The number of halogens is 1. The highest BCUT2D eigenvalue weighted by Gasteiger charge is 2.07. The Labute approximate surface area is 107 Å². The van der Waals surface area contributed by atoms with Gasteiger partial charge in [0.25, 0.3) is 0 Å². The fraction of sp³-hybridized carbons (Fsp3) is 0.500. The Morgan fingerprint density at radius 3 is 2.72 bits per heavy atom. The molecule has 98 valence electrons. The van der Waals surface area contributed by atoms with Gasteiger partial charge in [-0.1, -0.05) is 19.9 Å². The lowest BCUT2D eigenvalue weighted by Crippen LogP contribution is -2.27. The number of nitriles is 1. The molecular weight excluding hydrogens is 231 g/mol. The zero-order valence-corrected chi connectivity index (χ0v) is 10.8. The van der Waals surface area contributed by atoms with Crippen molar-refractivity contribution < 1.29 is 9.50 Å². The number of hydrogen-bond donors (Lipinski definition) is 2. The molecule has 0 aliphatic heterocycles. The van der Waals surface area contributed by atoms with Gasteiger partial charge in [-0.05, 0) is 24.5 Å². The summed E-state index contributed by atoms with van der Waals surface area (Å²) in [4.78, 5) is 0. The first-order valence-corrected chi connectivity index (χ1v) is 6.10. The predicted octanol–water partition coefficient (Wildman–Crippen LogP) is 2.19. The van der Waals surface area contributed by atoms with Crippen molar-refractivity contribution in [3.05, 3.63) is 35.1 Å². The van der Waals surface area contributed by atoms with Gasteiger partial charge in [-0.3, -0.25) is 0 Å². The van der Waals surface area contributed by atoms with Crippen LogP contribution in [0.25, 0.3) is 0 Å². The van der Waals surface area contributed by atoms with E-state index in [1.54, 1.807) is 12.1 Å². The highest BCUT2D eigenvalue weighted by Crippen LogP contribution is 2.10. The van der Waals surface area contributed by atoms with Crippen LogP contribution < -0.4 is 5.32 Å². The maximum atomic E-state index is 13.5. The van der Waals surface area contributed by atoms with E-state index in [0.29, 0.717) is 30.1 Å². The van der Waals surface area contributed by atoms with Crippen molar-refractivity contribution in [3.63, 3.8) is 0 Å². The van der Waals surface area contributed by atoms with Gasteiger partial charge in [0.05, 0.1) is 17.7 Å². The summed E-state index contributed by atoms with van der Waals surface area (Å²) < 4.78 is 13.5. The van der Waals surface area contributed by atoms with Crippen molar-refractivity contribution in [1.29, 1.82) is 5.26 Å². The summed E-state index contributed by atoms with van der Waals surface area (Å²) in [6.07, 6.45) is 0.314. The molecule has 0 heterocycles. The van der Waals surface area contributed by atoms with Crippen LogP contribution in [0.4, 0.5) is 4.39 Å². The number of rotatable bonds is 6. The van der Waals surface area contributed by atoms with Gasteiger partial charge in [0, 0.05) is 18.7 Å². The fourth-order valence-corrected chi connectivity index (χ4v) is 1.76. The highest BCUT2D eigenvalue weighted by molar-refractivity contribution is 5.32. The van der Waals surface area contributed by atoms with Crippen LogP contribution in [-0.2, 0) is 6.54 Å². The molecule has 1 rings (SSSR count). The van der Waals surface area contributed by atoms with Crippen LogP contribution in [0.2, 0.25) is 0 Å². The van der Waals surface area contributed by atoms with Crippen LogP contribution in [0.5, 0.6) is 0 Å². The monoisotopic (exact) mass is 250 g/mol. The van der Waals surface area contributed by atoms with Gasteiger partial charge >= 0.3 is 0 Å². The molecule has 0 saturated heterocycles. The Morgan fingerprint density at radius 1 is 1.44 bits per heavy atom. The number of nitrogens with one attached hydrogen (secondary N) is 1. The molecule has 0 saturated carbocycles. The van der Waals surface area contributed by atoms with Crippen LogP contribution in [0.15, 0.2) is 18.2 Å². The molecule has 0 amide bonds. The van der Waals surface area contributed by atoms with Crippen LogP contribution in [0.3, 0.4) is 0 Å². The van der Waals surface area contributed by atoms with E-state index in [9.17, 15) is 9.50 Å². The Kier molecular flexibility index (Phi) is 5.76. The zero-order valence-electron chi connectivity index (χ0n) is 10.8. The molecule has 0 spiro atoms. The molecule has 3 nitrogen and oxygen atoms in total. The minimum atomic E-state index is -0.411. The summed E-state index contributed by atoms with van der Waals surface area (Å²) >= 11 is 0. The first-order chi connectivity index (χ1) is 8.52. The molecule has 0 fully saturated rings. The fourth-order valence-electron chi connectivity index (χ4n) is 1.76. The second-order valence-electron chi connectivity index (χ2n) is 4.83. The van der Waals surface area contributed by atoms with Crippen molar-refractivity contribution in [2.24, 2.45) is 5.92 Å². The molecule has 1 unspecified atom stereocenters. The Bertz CT molecular complexity index is 426. The molecule has 0 aliphatic carbocycles. The molecule has 0 aliphatic rings. The third-order valence-corrected chi connectivity index (χ3v) is 2.62. The largest absolute Gasteiger partial charge is 0.392 e. The van der Waals surface area contributed by atoms with E-state index in [2.05, 4.69) is 5.32 Å². The Hall–Kier alpha value is -1.44. The molecule has 4 heteroatoms. The molecule has 18 heavy (non-hydrogen) atoms. The smallest absolute Gasteiger partial charge is 0.129 e. The lowest BCUT2D eigenvalue weighted by Gasteiger charge is -2.14. The van der Waals surface area contributed by atoms with Gasteiger partial charge in [0.2, 0.25) is 0 Å². The van der Waals surface area contributed by atoms with E-state index in [4.69, 9.17) is 5.26 Å². The number of benzene rings is 1. The first kappa shape index (κ1) is 14.6. The highest BCUT2D eigenvalue weighted by atomic mass is 19.1. The van der Waals surface area contributed by atoms with E-state index >= 15 is 0 Å². The molecule has 1 atom stereocenters. The molecular formula is C14H19FN2O.